The third-order valence-electron chi connectivity index (χ3n) is 2.88. The quantitative estimate of drug-likeness (QED) is 0.779. The highest BCUT2D eigenvalue weighted by molar-refractivity contribution is 9.10. The van der Waals surface area contributed by atoms with E-state index in [0.717, 1.165) is 10.2 Å². The fraction of sp³-hybridized carbons (Fsp3) is 0.250. The monoisotopic (exact) mass is 304 g/mol. The predicted molar refractivity (Wildman–Crippen MR) is 79.1 cm³/mol. The zero-order valence-corrected chi connectivity index (χ0v) is 12.5. The molecule has 0 fully saturated rings. The average molecular weight is 305 g/mol. The molecule has 0 amide bonds. The molecule has 0 saturated carbocycles. The smallest absolute Gasteiger partial charge is 0.125 e. The summed E-state index contributed by atoms with van der Waals surface area (Å²) in [6.07, 6.45) is 0. The predicted octanol–water partition coefficient (Wildman–Crippen LogP) is 4.95. The van der Waals surface area contributed by atoms with Crippen molar-refractivity contribution >= 4 is 15.9 Å². The molecule has 1 nitrogen and oxygen atoms in total. The van der Waals surface area contributed by atoms with Gasteiger partial charge in [-0.1, -0.05) is 45.8 Å². The average Bonchev–Trinajstić information content (AvgIpc) is 2.27. The lowest BCUT2D eigenvalue weighted by molar-refractivity contribution is 0.302. The molecule has 0 aliphatic heterocycles. The minimum Gasteiger partial charge on any atom is -0.488 e. The van der Waals surface area contributed by atoms with Crippen LogP contribution >= 0.6 is 15.9 Å². The number of benzene rings is 2. The van der Waals surface area contributed by atoms with Crippen LogP contribution < -0.4 is 4.74 Å². The molecular formula is C16H17BrO. The molecule has 0 aliphatic carbocycles. The molecule has 94 valence electrons. The summed E-state index contributed by atoms with van der Waals surface area (Å²) in [5.41, 5.74) is 4.84. The minimum atomic E-state index is 0.601. The largest absolute Gasteiger partial charge is 0.488 e. The lowest BCUT2D eigenvalue weighted by Gasteiger charge is -2.13. The van der Waals surface area contributed by atoms with Crippen LogP contribution in [0.1, 0.15) is 22.3 Å². The summed E-state index contributed by atoms with van der Waals surface area (Å²) in [4.78, 5) is 0. The van der Waals surface area contributed by atoms with Gasteiger partial charge in [0.05, 0.1) is 0 Å². The van der Waals surface area contributed by atoms with Crippen molar-refractivity contribution in [2.75, 3.05) is 0 Å². The Bertz CT molecular complexity index is 538. The topological polar surface area (TPSA) is 9.23 Å². The van der Waals surface area contributed by atoms with Gasteiger partial charge in [-0.05, 0) is 49.6 Å². The van der Waals surface area contributed by atoms with Gasteiger partial charge in [0.15, 0.2) is 0 Å². The molecule has 18 heavy (non-hydrogen) atoms. The summed E-state index contributed by atoms with van der Waals surface area (Å²) in [7, 11) is 0. The van der Waals surface area contributed by atoms with Crippen LogP contribution in [-0.4, -0.2) is 0 Å². The van der Waals surface area contributed by atoms with Crippen LogP contribution in [-0.2, 0) is 6.61 Å². The number of halogens is 1. The zero-order valence-electron chi connectivity index (χ0n) is 11.0. The highest BCUT2D eigenvalue weighted by atomic mass is 79.9. The van der Waals surface area contributed by atoms with Crippen molar-refractivity contribution in [3.05, 3.63) is 63.1 Å². The molecule has 2 heteroatoms. The van der Waals surface area contributed by atoms with E-state index in [-0.39, 0.29) is 0 Å². The number of hydrogen-bond donors (Lipinski definition) is 0. The highest BCUT2D eigenvalue weighted by Gasteiger charge is 2.05. The number of hydrogen-bond acceptors (Lipinski definition) is 1. The van der Waals surface area contributed by atoms with E-state index in [1.165, 1.54) is 22.3 Å². The van der Waals surface area contributed by atoms with Crippen LogP contribution in [0, 0.1) is 20.8 Å². The summed E-state index contributed by atoms with van der Waals surface area (Å²) < 4.78 is 7.03. The van der Waals surface area contributed by atoms with Gasteiger partial charge in [0.25, 0.3) is 0 Å². The van der Waals surface area contributed by atoms with Gasteiger partial charge in [-0.3, -0.25) is 0 Å². The summed E-state index contributed by atoms with van der Waals surface area (Å²) in [5.74, 6) is 1.00. The summed E-state index contributed by atoms with van der Waals surface area (Å²) >= 11 is 3.47. The Morgan fingerprint density at radius 3 is 2.28 bits per heavy atom. The molecule has 0 atom stereocenters. The van der Waals surface area contributed by atoms with Gasteiger partial charge in [-0.25, -0.2) is 0 Å². The van der Waals surface area contributed by atoms with E-state index < -0.39 is 0 Å². The Morgan fingerprint density at radius 2 is 1.67 bits per heavy atom. The Balaban J connectivity index is 2.16. The van der Waals surface area contributed by atoms with E-state index in [1.54, 1.807) is 0 Å². The van der Waals surface area contributed by atoms with Gasteiger partial charge in [-0.15, -0.1) is 0 Å². The highest BCUT2D eigenvalue weighted by Crippen LogP contribution is 2.25. The Kier molecular flexibility index (Phi) is 4.07. The molecule has 2 aromatic carbocycles. The van der Waals surface area contributed by atoms with Crippen molar-refractivity contribution in [1.82, 2.24) is 0 Å². The second-order valence-corrected chi connectivity index (χ2v) is 5.56. The van der Waals surface area contributed by atoms with Gasteiger partial charge >= 0.3 is 0 Å². The van der Waals surface area contributed by atoms with Gasteiger partial charge in [0.2, 0.25) is 0 Å². The fourth-order valence-corrected chi connectivity index (χ4v) is 2.62. The SMILES string of the molecule is Cc1cc(C)c(OCc2cccc(Br)c2)c(C)c1. The van der Waals surface area contributed by atoms with Gasteiger partial charge in [0, 0.05) is 4.47 Å². The minimum absolute atomic E-state index is 0.601. The van der Waals surface area contributed by atoms with Crippen molar-refractivity contribution in [1.29, 1.82) is 0 Å². The van der Waals surface area contributed by atoms with Crippen molar-refractivity contribution in [2.24, 2.45) is 0 Å². The van der Waals surface area contributed by atoms with Crippen LogP contribution in [0.2, 0.25) is 0 Å². The van der Waals surface area contributed by atoms with Gasteiger partial charge in [0.1, 0.15) is 12.4 Å². The van der Waals surface area contributed by atoms with E-state index >= 15 is 0 Å². The third kappa shape index (κ3) is 3.14. The van der Waals surface area contributed by atoms with Crippen molar-refractivity contribution in [2.45, 2.75) is 27.4 Å². The Hall–Kier alpha value is -1.28. The van der Waals surface area contributed by atoms with E-state index in [9.17, 15) is 0 Å². The molecule has 0 N–H and O–H groups in total. The standard InChI is InChI=1S/C16H17BrO/c1-11-7-12(2)16(13(3)8-11)18-10-14-5-4-6-15(17)9-14/h4-9H,10H2,1-3H3. The maximum absolute atomic E-state index is 5.94. The summed E-state index contributed by atoms with van der Waals surface area (Å²) in [6, 6.07) is 12.5. The maximum Gasteiger partial charge on any atom is 0.125 e. The van der Waals surface area contributed by atoms with Crippen LogP contribution in [0.25, 0.3) is 0 Å². The Morgan fingerprint density at radius 1 is 1.00 bits per heavy atom. The van der Waals surface area contributed by atoms with Crippen LogP contribution in [0.3, 0.4) is 0 Å². The number of rotatable bonds is 3. The lowest BCUT2D eigenvalue weighted by Crippen LogP contribution is -1.99. The molecule has 0 aliphatic rings. The molecule has 0 bridgehead atoms. The first-order valence-electron chi connectivity index (χ1n) is 6.01. The van der Waals surface area contributed by atoms with Gasteiger partial charge in [-0.2, -0.15) is 0 Å². The normalized spacial score (nSPS) is 10.4. The lowest BCUT2D eigenvalue weighted by atomic mass is 10.1. The number of aryl methyl sites for hydroxylation is 3. The van der Waals surface area contributed by atoms with E-state index in [0.29, 0.717) is 6.61 Å². The molecule has 0 unspecified atom stereocenters. The maximum atomic E-state index is 5.94. The van der Waals surface area contributed by atoms with Crippen LogP contribution in [0.4, 0.5) is 0 Å². The molecular weight excluding hydrogens is 288 g/mol. The molecule has 0 radical (unpaired) electrons. The first kappa shape index (κ1) is 13.2. The Labute approximate surface area is 117 Å². The first-order chi connectivity index (χ1) is 8.56. The van der Waals surface area contributed by atoms with Crippen molar-refractivity contribution in [3.63, 3.8) is 0 Å². The van der Waals surface area contributed by atoms with Crippen molar-refractivity contribution < 1.29 is 4.74 Å². The molecule has 0 spiro atoms. The summed E-state index contributed by atoms with van der Waals surface area (Å²) in [6.45, 7) is 6.90. The van der Waals surface area contributed by atoms with Gasteiger partial charge < -0.3 is 4.74 Å². The third-order valence-corrected chi connectivity index (χ3v) is 3.37. The zero-order chi connectivity index (χ0) is 13.1. The number of ether oxygens (including phenoxy) is 1. The molecule has 2 rings (SSSR count). The van der Waals surface area contributed by atoms with E-state index in [1.807, 2.05) is 12.1 Å². The molecule has 0 heterocycles. The van der Waals surface area contributed by atoms with Crippen molar-refractivity contribution in [3.8, 4) is 5.75 Å². The van der Waals surface area contributed by atoms with E-state index in [4.69, 9.17) is 4.74 Å². The van der Waals surface area contributed by atoms with Crippen LogP contribution in [0.5, 0.6) is 5.75 Å². The molecule has 0 aromatic heterocycles. The van der Waals surface area contributed by atoms with Crippen LogP contribution in [0.15, 0.2) is 40.9 Å². The second kappa shape index (κ2) is 5.57. The van der Waals surface area contributed by atoms with E-state index in [2.05, 4.69) is 61.0 Å². The second-order valence-electron chi connectivity index (χ2n) is 4.65. The first-order valence-corrected chi connectivity index (χ1v) is 6.80. The summed E-state index contributed by atoms with van der Waals surface area (Å²) in [5, 5.41) is 0. The molecule has 0 saturated heterocycles. The fourth-order valence-electron chi connectivity index (χ4n) is 2.18. The molecule has 2 aromatic rings.